The molecule has 220 valence electrons. The second-order valence-electron chi connectivity index (χ2n) is 8.07. The van der Waals surface area contributed by atoms with Gasteiger partial charge in [-0.05, 0) is 25.7 Å². The number of halogens is 17. The third-order valence-corrected chi connectivity index (χ3v) is 5.34. The van der Waals surface area contributed by atoms with E-state index < -0.39 is 72.2 Å². The van der Waals surface area contributed by atoms with E-state index in [4.69, 9.17) is 0 Å². The lowest BCUT2D eigenvalue weighted by atomic mass is 9.87. The Morgan fingerprint density at radius 1 is 0.622 bits per heavy atom. The Hall–Kier alpha value is -1.76. The summed E-state index contributed by atoms with van der Waals surface area (Å²) in [6, 6.07) is 0. The van der Waals surface area contributed by atoms with Gasteiger partial charge in [0.2, 0.25) is 0 Å². The molecule has 1 N–H and O–H groups in total. The number of carbonyl (C=O) groups is 1. The van der Waals surface area contributed by atoms with Crippen molar-refractivity contribution in [3.05, 3.63) is 0 Å². The first-order valence-electron chi connectivity index (χ1n) is 9.73. The molecule has 0 heterocycles. The zero-order chi connectivity index (χ0) is 29.7. The smallest absolute Gasteiger partial charge is 0.460 e. The molecule has 1 rings (SSSR count). The zero-order valence-electron chi connectivity index (χ0n) is 17.6. The Balaban J connectivity index is 3.34. The van der Waals surface area contributed by atoms with Crippen LogP contribution in [-0.2, 0) is 9.53 Å². The van der Waals surface area contributed by atoms with Crippen molar-refractivity contribution in [3.8, 4) is 0 Å². The van der Waals surface area contributed by atoms with Crippen molar-refractivity contribution in [1.82, 2.24) is 0 Å². The summed E-state index contributed by atoms with van der Waals surface area (Å²) in [6.45, 7) is 0. The first kappa shape index (κ1) is 33.3. The van der Waals surface area contributed by atoms with E-state index in [2.05, 4.69) is 4.74 Å². The SMILES string of the molecule is O=C(OC1CCCCC1)C(O)CC(F)(F)C(F)(F)C(F)(F)C(F)(F)C(F)(F)C(F)(F)C(F)(F)C(F)(F)F. The minimum atomic E-state index is -8.74. The van der Waals surface area contributed by atoms with Crippen molar-refractivity contribution in [2.45, 2.75) is 98.4 Å². The number of carbonyl (C=O) groups excluding carboxylic acids is 1. The molecule has 37 heavy (non-hydrogen) atoms. The summed E-state index contributed by atoms with van der Waals surface area (Å²) in [5.41, 5.74) is 0. The lowest BCUT2D eigenvalue weighted by Gasteiger charge is -2.43. The zero-order valence-corrected chi connectivity index (χ0v) is 17.6. The maximum atomic E-state index is 13.8. The average Bonchev–Trinajstić information content (AvgIpc) is 2.72. The molecule has 0 bridgehead atoms. The molecule has 20 heteroatoms. The van der Waals surface area contributed by atoms with Gasteiger partial charge in [0.05, 0.1) is 6.42 Å². The van der Waals surface area contributed by atoms with Gasteiger partial charge in [-0.15, -0.1) is 0 Å². The lowest BCUT2D eigenvalue weighted by molar-refractivity contribution is -0.462. The molecule has 1 aliphatic carbocycles. The minimum Gasteiger partial charge on any atom is -0.460 e. The van der Waals surface area contributed by atoms with Crippen molar-refractivity contribution < 1.29 is 89.3 Å². The molecule has 0 aromatic rings. The second kappa shape index (κ2) is 9.77. The van der Waals surface area contributed by atoms with Crippen molar-refractivity contribution in [3.63, 3.8) is 0 Å². The molecule has 1 aliphatic rings. The summed E-state index contributed by atoms with van der Waals surface area (Å²) in [4.78, 5) is 11.6. The molecule has 1 fully saturated rings. The van der Waals surface area contributed by atoms with Crippen LogP contribution in [0.25, 0.3) is 0 Å². The predicted octanol–water partition coefficient (Wildman–Crippen LogP) is 6.62. The second-order valence-corrected chi connectivity index (χ2v) is 8.07. The molecule has 1 unspecified atom stereocenters. The first-order chi connectivity index (χ1) is 16.1. The number of hydrogen-bond donors (Lipinski definition) is 1. The van der Waals surface area contributed by atoms with E-state index in [1.807, 2.05) is 0 Å². The number of rotatable bonds is 10. The van der Waals surface area contributed by atoms with Crippen LogP contribution >= 0.6 is 0 Å². The van der Waals surface area contributed by atoms with E-state index in [-0.39, 0.29) is 12.8 Å². The standard InChI is InChI=1S/C17H15F17O3/c18-10(19,6-8(35)9(36)37-7-4-2-1-3-5-7)11(20,21)12(22,23)13(24,25)14(26,27)15(28,29)16(30,31)17(32,33)34/h7-8,35H,1-6H2. The number of alkyl halides is 17. The van der Waals surface area contributed by atoms with Crippen LogP contribution in [0.3, 0.4) is 0 Å². The summed E-state index contributed by atoms with van der Waals surface area (Å²) < 4.78 is 229. The molecular formula is C17H15F17O3. The summed E-state index contributed by atoms with van der Waals surface area (Å²) in [5, 5.41) is 9.29. The number of hydrogen-bond acceptors (Lipinski definition) is 3. The van der Waals surface area contributed by atoms with Crippen molar-refractivity contribution in [2.24, 2.45) is 0 Å². The number of aliphatic hydroxyl groups is 1. The normalized spacial score (nSPS) is 19.1. The van der Waals surface area contributed by atoms with E-state index in [1.165, 1.54) is 0 Å². The molecule has 0 aliphatic heterocycles. The predicted molar refractivity (Wildman–Crippen MR) is 84.3 cm³/mol. The van der Waals surface area contributed by atoms with E-state index >= 15 is 0 Å². The lowest BCUT2D eigenvalue weighted by Crippen LogP contribution is -2.74. The van der Waals surface area contributed by atoms with Crippen LogP contribution in [0.5, 0.6) is 0 Å². The van der Waals surface area contributed by atoms with Gasteiger partial charge in [0.1, 0.15) is 6.10 Å². The van der Waals surface area contributed by atoms with Gasteiger partial charge in [-0.2, -0.15) is 74.6 Å². The highest BCUT2D eigenvalue weighted by Gasteiger charge is 2.95. The van der Waals surface area contributed by atoms with Crippen molar-refractivity contribution >= 4 is 5.97 Å². The van der Waals surface area contributed by atoms with Crippen LogP contribution in [0, 0.1) is 0 Å². The van der Waals surface area contributed by atoms with Crippen molar-refractivity contribution in [1.29, 1.82) is 0 Å². The molecule has 0 amide bonds. The van der Waals surface area contributed by atoms with Gasteiger partial charge in [0, 0.05) is 0 Å². The van der Waals surface area contributed by atoms with Crippen molar-refractivity contribution in [2.75, 3.05) is 0 Å². The van der Waals surface area contributed by atoms with Gasteiger partial charge in [0.15, 0.2) is 6.10 Å². The van der Waals surface area contributed by atoms with E-state index in [1.54, 1.807) is 0 Å². The van der Waals surface area contributed by atoms with Gasteiger partial charge >= 0.3 is 53.6 Å². The van der Waals surface area contributed by atoms with Crippen LogP contribution in [-0.4, -0.2) is 70.9 Å². The molecule has 0 aromatic carbocycles. The largest absolute Gasteiger partial charge is 0.460 e. The van der Waals surface area contributed by atoms with Gasteiger partial charge < -0.3 is 9.84 Å². The van der Waals surface area contributed by atoms with Gasteiger partial charge in [-0.3, -0.25) is 0 Å². The molecule has 3 nitrogen and oxygen atoms in total. The van der Waals surface area contributed by atoms with E-state index in [0.717, 1.165) is 0 Å². The third-order valence-electron chi connectivity index (χ3n) is 5.34. The van der Waals surface area contributed by atoms with Gasteiger partial charge in [-0.25, -0.2) is 4.79 Å². The summed E-state index contributed by atoms with van der Waals surface area (Å²) in [5.74, 6) is -59.8. The average molecular weight is 590 g/mol. The monoisotopic (exact) mass is 590 g/mol. The third kappa shape index (κ3) is 5.26. The Labute approximate surface area is 194 Å². The highest BCUT2D eigenvalue weighted by molar-refractivity contribution is 5.74. The molecule has 1 atom stereocenters. The van der Waals surface area contributed by atoms with Crippen LogP contribution in [0.15, 0.2) is 0 Å². The Morgan fingerprint density at radius 3 is 1.35 bits per heavy atom. The van der Waals surface area contributed by atoms with Crippen LogP contribution in [0.1, 0.15) is 38.5 Å². The summed E-state index contributed by atoms with van der Waals surface area (Å²) in [7, 11) is 0. The highest BCUT2D eigenvalue weighted by atomic mass is 19.4. The molecule has 1 saturated carbocycles. The fourth-order valence-corrected chi connectivity index (χ4v) is 3.08. The first-order valence-corrected chi connectivity index (χ1v) is 9.73. The Morgan fingerprint density at radius 2 is 0.973 bits per heavy atom. The van der Waals surface area contributed by atoms with Crippen LogP contribution < -0.4 is 0 Å². The molecule has 0 saturated heterocycles. The number of esters is 1. The van der Waals surface area contributed by atoms with Crippen LogP contribution in [0.4, 0.5) is 74.6 Å². The van der Waals surface area contributed by atoms with E-state index in [0.29, 0.717) is 19.3 Å². The van der Waals surface area contributed by atoms with Gasteiger partial charge in [-0.1, -0.05) is 6.42 Å². The molecule has 0 aromatic heterocycles. The Bertz CT molecular complexity index is 814. The number of aliphatic hydroxyl groups excluding tert-OH is 1. The quantitative estimate of drug-likeness (QED) is 0.230. The summed E-state index contributed by atoms with van der Waals surface area (Å²) in [6.07, 6.45) is -14.1. The Kier molecular flexibility index (Phi) is 8.78. The van der Waals surface area contributed by atoms with Crippen LogP contribution in [0.2, 0.25) is 0 Å². The maximum Gasteiger partial charge on any atom is 0.460 e. The fraction of sp³-hybridized carbons (Fsp3) is 0.941. The molecule has 0 radical (unpaired) electrons. The van der Waals surface area contributed by atoms with E-state index in [9.17, 15) is 84.5 Å². The molecular weight excluding hydrogens is 575 g/mol. The van der Waals surface area contributed by atoms with Gasteiger partial charge in [0.25, 0.3) is 0 Å². The molecule has 0 spiro atoms. The summed E-state index contributed by atoms with van der Waals surface area (Å²) >= 11 is 0. The highest BCUT2D eigenvalue weighted by Crippen LogP contribution is 2.64. The maximum absolute atomic E-state index is 13.8. The number of ether oxygens (including phenoxy) is 1. The topological polar surface area (TPSA) is 46.5 Å². The fourth-order valence-electron chi connectivity index (χ4n) is 3.08. The minimum absolute atomic E-state index is 0.0706.